The molecule has 1 aliphatic heterocycles. The Bertz CT molecular complexity index is 223. The number of hydrogen-bond acceptors (Lipinski definition) is 4. The van der Waals surface area contributed by atoms with Crippen LogP contribution in [0.3, 0.4) is 0 Å². The Morgan fingerprint density at radius 3 is 2.21 bits per heavy atom. The lowest BCUT2D eigenvalue weighted by atomic mass is 9.97. The fraction of sp³-hybridized carbons (Fsp3) is 0.929. The molecule has 1 aliphatic rings. The molecule has 3 N–H and O–H groups in total. The van der Waals surface area contributed by atoms with Gasteiger partial charge in [0.1, 0.15) is 0 Å². The Balaban J connectivity index is 0. The van der Waals surface area contributed by atoms with Gasteiger partial charge in [-0.1, -0.05) is 20.8 Å². The molecule has 0 aromatic rings. The molecule has 0 aromatic carbocycles. The van der Waals surface area contributed by atoms with Gasteiger partial charge in [-0.3, -0.25) is 4.79 Å². The minimum absolute atomic E-state index is 0.0360. The molecule has 1 fully saturated rings. The van der Waals surface area contributed by atoms with Crippen LogP contribution in [0.15, 0.2) is 0 Å². The van der Waals surface area contributed by atoms with E-state index in [1.54, 1.807) is 13.8 Å². The first-order chi connectivity index (χ1) is 8.82. The van der Waals surface area contributed by atoms with E-state index in [1.807, 2.05) is 13.8 Å². The molecule has 0 bridgehead atoms. The zero-order valence-electron chi connectivity index (χ0n) is 13.3. The van der Waals surface area contributed by atoms with Gasteiger partial charge in [-0.15, -0.1) is 0 Å². The molecule has 19 heavy (non-hydrogen) atoms. The summed E-state index contributed by atoms with van der Waals surface area (Å²) < 4.78 is 0. The van der Waals surface area contributed by atoms with Gasteiger partial charge in [-0.25, -0.2) is 0 Å². The zero-order chi connectivity index (χ0) is 15.5. The minimum Gasteiger partial charge on any atom is -0.394 e. The highest BCUT2D eigenvalue weighted by Gasteiger charge is 2.21. The van der Waals surface area contributed by atoms with Crippen molar-refractivity contribution in [2.45, 2.75) is 52.7 Å². The molecule has 0 saturated carbocycles. The van der Waals surface area contributed by atoms with E-state index in [0.717, 1.165) is 19.5 Å². The van der Waals surface area contributed by atoms with Crippen molar-refractivity contribution in [1.29, 1.82) is 0 Å². The van der Waals surface area contributed by atoms with Crippen molar-refractivity contribution in [2.75, 3.05) is 26.7 Å². The van der Waals surface area contributed by atoms with Crippen molar-refractivity contribution in [3.63, 3.8) is 0 Å². The maximum absolute atomic E-state index is 9.76. The maximum atomic E-state index is 9.76. The Kier molecular flexibility index (Phi) is 12.2. The molecule has 1 heterocycles. The molecule has 0 aromatic heterocycles. The highest BCUT2D eigenvalue weighted by atomic mass is 16.3. The Hall–Kier alpha value is -0.650. The molecule has 1 saturated heterocycles. The molecule has 1 rings (SSSR count). The van der Waals surface area contributed by atoms with Gasteiger partial charge >= 0.3 is 0 Å². The maximum Gasteiger partial charge on any atom is 0.207 e. The van der Waals surface area contributed by atoms with E-state index in [1.165, 1.54) is 0 Å². The fourth-order valence-electron chi connectivity index (χ4n) is 1.55. The Labute approximate surface area is 118 Å². The number of rotatable bonds is 3. The highest BCUT2D eigenvalue weighted by molar-refractivity contribution is 5.47. The summed E-state index contributed by atoms with van der Waals surface area (Å²) in [5.41, 5.74) is -0.470. The van der Waals surface area contributed by atoms with Gasteiger partial charge in [-0.05, 0) is 33.2 Å². The second-order valence-electron chi connectivity index (χ2n) is 5.40. The number of carbonyl (C=O) groups excluding carboxylic acids is 1. The molecular weight excluding hydrogens is 244 g/mol. The van der Waals surface area contributed by atoms with Crippen molar-refractivity contribution in [3.05, 3.63) is 0 Å². The van der Waals surface area contributed by atoms with E-state index in [9.17, 15) is 9.90 Å². The standard InChI is InChI=1S/C7H15NO.C5H11NO2.C2H6/c1-6-5-8(2)4-3-7(6)9;1-5(2,3-7)6-4-8;1-2/h6-7,9H,3-5H2,1-2H3;4,7H,3H2,1-2H3,(H,6,8);1-2H3. The van der Waals surface area contributed by atoms with Crippen molar-refractivity contribution in [2.24, 2.45) is 5.92 Å². The average molecular weight is 276 g/mol. The number of amides is 1. The predicted octanol–water partition coefficient (Wildman–Crippen LogP) is 0.848. The number of carbonyl (C=O) groups is 1. The molecule has 5 heteroatoms. The van der Waals surface area contributed by atoms with E-state index in [0.29, 0.717) is 12.3 Å². The largest absolute Gasteiger partial charge is 0.394 e. The van der Waals surface area contributed by atoms with Crippen molar-refractivity contribution >= 4 is 6.41 Å². The van der Waals surface area contributed by atoms with Gasteiger partial charge in [0.15, 0.2) is 0 Å². The van der Waals surface area contributed by atoms with Crippen molar-refractivity contribution in [3.8, 4) is 0 Å². The van der Waals surface area contributed by atoms with Crippen LogP contribution in [0.5, 0.6) is 0 Å². The van der Waals surface area contributed by atoms with E-state index in [4.69, 9.17) is 5.11 Å². The van der Waals surface area contributed by atoms with Gasteiger partial charge in [-0.2, -0.15) is 0 Å². The molecule has 2 unspecified atom stereocenters. The highest BCUT2D eigenvalue weighted by Crippen LogP contribution is 2.14. The van der Waals surface area contributed by atoms with Crippen LogP contribution in [0.1, 0.15) is 41.0 Å². The van der Waals surface area contributed by atoms with E-state index < -0.39 is 5.54 Å². The molecular formula is C14H32N2O3. The quantitative estimate of drug-likeness (QED) is 0.668. The summed E-state index contributed by atoms with van der Waals surface area (Å²) in [5, 5.41) is 20.2. The molecule has 0 spiro atoms. The zero-order valence-corrected chi connectivity index (χ0v) is 13.3. The molecule has 0 radical (unpaired) electrons. The summed E-state index contributed by atoms with van der Waals surface area (Å²) in [7, 11) is 2.10. The summed E-state index contributed by atoms with van der Waals surface area (Å²) in [4.78, 5) is 12.0. The lowest BCUT2D eigenvalue weighted by molar-refractivity contribution is -0.111. The summed E-state index contributed by atoms with van der Waals surface area (Å²) in [6, 6.07) is 0. The van der Waals surface area contributed by atoms with Crippen LogP contribution in [-0.2, 0) is 4.79 Å². The van der Waals surface area contributed by atoms with Crippen molar-refractivity contribution < 1.29 is 15.0 Å². The molecule has 2 atom stereocenters. The number of aliphatic hydroxyl groups excluding tert-OH is 2. The van der Waals surface area contributed by atoms with Crippen molar-refractivity contribution in [1.82, 2.24) is 10.2 Å². The first-order valence-electron chi connectivity index (χ1n) is 7.01. The summed E-state index contributed by atoms with van der Waals surface area (Å²) in [5.74, 6) is 0.462. The topological polar surface area (TPSA) is 72.8 Å². The second-order valence-corrected chi connectivity index (χ2v) is 5.40. The number of nitrogens with one attached hydrogen (secondary N) is 1. The first kappa shape index (κ1) is 20.7. The average Bonchev–Trinajstić information content (AvgIpc) is 2.37. The lowest BCUT2D eigenvalue weighted by Crippen LogP contribution is -2.41. The third-order valence-electron chi connectivity index (χ3n) is 2.91. The fourth-order valence-corrected chi connectivity index (χ4v) is 1.55. The Morgan fingerprint density at radius 2 is 1.95 bits per heavy atom. The smallest absolute Gasteiger partial charge is 0.207 e. The minimum atomic E-state index is -0.470. The third-order valence-corrected chi connectivity index (χ3v) is 2.91. The number of nitrogens with zero attached hydrogens (tertiary/aromatic N) is 1. The third kappa shape index (κ3) is 10.9. The second kappa shape index (κ2) is 11.2. The van der Waals surface area contributed by atoms with Crippen LogP contribution in [0.25, 0.3) is 0 Å². The first-order valence-corrected chi connectivity index (χ1v) is 7.01. The monoisotopic (exact) mass is 276 g/mol. The van der Waals surface area contributed by atoms with Gasteiger partial charge in [0.25, 0.3) is 0 Å². The number of likely N-dealkylation sites (tertiary alicyclic amines) is 1. The van der Waals surface area contributed by atoms with Crippen LogP contribution < -0.4 is 5.32 Å². The van der Waals surface area contributed by atoms with E-state index in [-0.39, 0.29) is 12.7 Å². The van der Waals surface area contributed by atoms with Crippen LogP contribution in [0.4, 0.5) is 0 Å². The van der Waals surface area contributed by atoms with Gasteiger partial charge in [0, 0.05) is 13.1 Å². The van der Waals surface area contributed by atoms with Gasteiger partial charge in [0.05, 0.1) is 18.2 Å². The summed E-state index contributed by atoms with van der Waals surface area (Å²) in [6.07, 6.45) is 1.47. The molecule has 5 nitrogen and oxygen atoms in total. The summed E-state index contributed by atoms with van der Waals surface area (Å²) >= 11 is 0. The Morgan fingerprint density at radius 1 is 1.42 bits per heavy atom. The van der Waals surface area contributed by atoms with Crippen LogP contribution in [0.2, 0.25) is 0 Å². The number of aliphatic hydroxyl groups is 2. The van der Waals surface area contributed by atoms with E-state index >= 15 is 0 Å². The van der Waals surface area contributed by atoms with Crippen LogP contribution >= 0.6 is 0 Å². The van der Waals surface area contributed by atoms with Gasteiger partial charge in [0.2, 0.25) is 6.41 Å². The van der Waals surface area contributed by atoms with Crippen LogP contribution in [-0.4, -0.2) is 59.9 Å². The lowest BCUT2D eigenvalue weighted by Gasteiger charge is -2.31. The molecule has 116 valence electrons. The summed E-state index contributed by atoms with van der Waals surface area (Å²) in [6.45, 7) is 11.6. The SMILES string of the molecule is CC.CC(C)(CO)NC=O.CC1CN(C)CCC1O. The normalized spacial score (nSPS) is 23.4. The van der Waals surface area contributed by atoms with E-state index in [2.05, 4.69) is 24.2 Å². The number of hydrogen-bond donors (Lipinski definition) is 3. The van der Waals surface area contributed by atoms with Gasteiger partial charge < -0.3 is 20.4 Å². The van der Waals surface area contributed by atoms with Crippen LogP contribution in [0, 0.1) is 5.92 Å². The number of piperidine rings is 1. The molecule has 1 amide bonds. The predicted molar refractivity (Wildman–Crippen MR) is 79.0 cm³/mol. The molecule has 0 aliphatic carbocycles.